The SMILES string of the molecule is Cc1c(SC(=O)c2ccccc2)cnn1-c1cc(C(F)(F)F)ccn1. The molecule has 0 aliphatic heterocycles. The lowest BCUT2D eigenvalue weighted by atomic mass is 10.2. The molecule has 0 atom stereocenters. The van der Waals surface area contributed by atoms with Crippen LogP contribution in [-0.2, 0) is 6.18 Å². The standard InChI is InChI=1S/C17H12F3N3OS/c1-11-14(25-16(24)12-5-3-2-4-6-12)10-22-23(11)15-9-13(7-8-21-15)17(18,19)20/h2-10H,1H3. The Morgan fingerprint density at radius 2 is 1.88 bits per heavy atom. The number of carbonyl (C=O) groups excluding carboxylic acids is 1. The zero-order valence-corrected chi connectivity index (χ0v) is 13.8. The zero-order valence-electron chi connectivity index (χ0n) is 13.0. The molecule has 2 heterocycles. The molecule has 128 valence electrons. The Hall–Kier alpha value is -2.61. The van der Waals surface area contributed by atoms with Crippen LogP contribution in [0.1, 0.15) is 21.6 Å². The maximum absolute atomic E-state index is 12.8. The maximum Gasteiger partial charge on any atom is 0.416 e. The molecule has 3 aromatic rings. The second-order valence-corrected chi connectivity index (χ2v) is 6.18. The first-order valence-corrected chi connectivity index (χ1v) is 8.03. The molecule has 3 rings (SSSR count). The fraction of sp³-hybridized carbons (Fsp3) is 0.118. The number of aromatic nitrogens is 3. The van der Waals surface area contributed by atoms with Crippen LogP contribution in [0.25, 0.3) is 5.82 Å². The van der Waals surface area contributed by atoms with Crippen molar-refractivity contribution in [2.45, 2.75) is 18.0 Å². The molecule has 0 spiro atoms. The van der Waals surface area contributed by atoms with Crippen molar-refractivity contribution in [1.29, 1.82) is 0 Å². The van der Waals surface area contributed by atoms with Gasteiger partial charge in [-0.05, 0) is 30.8 Å². The van der Waals surface area contributed by atoms with Gasteiger partial charge in [0.25, 0.3) is 0 Å². The molecule has 0 unspecified atom stereocenters. The molecule has 0 bridgehead atoms. The number of hydrogen-bond donors (Lipinski definition) is 0. The largest absolute Gasteiger partial charge is 0.416 e. The minimum atomic E-state index is -4.46. The molecule has 2 aromatic heterocycles. The maximum atomic E-state index is 12.8. The second kappa shape index (κ2) is 6.72. The molecule has 0 fully saturated rings. The summed E-state index contributed by atoms with van der Waals surface area (Å²) in [5, 5.41) is 3.90. The van der Waals surface area contributed by atoms with E-state index < -0.39 is 11.7 Å². The second-order valence-electron chi connectivity index (χ2n) is 5.16. The van der Waals surface area contributed by atoms with Crippen LogP contribution < -0.4 is 0 Å². The van der Waals surface area contributed by atoms with Crippen molar-refractivity contribution < 1.29 is 18.0 Å². The Morgan fingerprint density at radius 1 is 1.16 bits per heavy atom. The number of halogens is 3. The number of hydrogen-bond acceptors (Lipinski definition) is 4. The summed E-state index contributed by atoms with van der Waals surface area (Å²) < 4.78 is 39.8. The molecule has 0 saturated carbocycles. The third kappa shape index (κ3) is 3.74. The third-order valence-corrected chi connectivity index (χ3v) is 4.51. The summed E-state index contributed by atoms with van der Waals surface area (Å²) in [4.78, 5) is 16.8. The Kier molecular flexibility index (Phi) is 4.63. The van der Waals surface area contributed by atoms with Gasteiger partial charge in [-0.3, -0.25) is 4.79 Å². The first kappa shape index (κ1) is 17.2. The van der Waals surface area contributed by atoms with Crippen LogP contribution in [0.15, 0.2) is 59.8 Å². The summed E-state index contributed by atoms with van der Waals surface area (Å²) in [7, 11) is 0. The minimum absolute atomic E-state index is 0.0475. The van der Waals surface area contributed by atoms with Gasteiger partial charge < -0.3 is 0 Å². The average Bonchev–Trinajstić information content (AvgIpc) is 2.96. The van der Waals surface area contributed by atoms with Gasteiger partial charge in [0, 0.05) is 11.8 Å². The highest BCUT2D eigenvalue weighted by atomic mass is 32.2. The highest BCUT2D eigenvalue weighted by Crippen LogP contribution is 2.31. The summed E-state index contributed by atoms with van der Waals surface area (Å²) in [6.07, 6.45) is -1.93. The minimum Gasteiger partial charge on any atom is -0.281 e. The van der Waals surface area contributed by atoms with E-state index >= 15 is 0 Å². The van der Waals surface area contributed by atoms with Gasteiger partial charge in [0.05, 0.1) is 22.3 Å². The van der Waals surface area contributed by atoms with Gasteiger partial charge in [-0.2, -0.15) is 18.3 Å². The van der Waals surface area contributed by atoms with Crippen molar-refractivity contribution in [3.8, 4) is 5.82 Å². The predicted molar refractivity (Wildman–Crippen MR) is 87.7 cm³/mol. The van der Waals surface area contributed by atoms with E-state index in [0.717, 1.165) is 30.1 Å². The Bertz CT molecular complexity index is 907. The monoisotopic (exact) mass is 363 g/mol. The molecule has 0 N–H and O–H groups in total. The number of alkyl halides is 3. The summed E-state index contributed by atoms with van der Waals surface area (Å²) in [5.74, 6) is 0.0475. The van der Waals surface area contributed by atoms with Crippen molar-refractivity contribution in [3.63, 3.8) is 0 Å². The Balaban J connectivity index is 1.88. The van der Waals surface area contributed by atoms with Crippen molar-refractivity contribution in [2.24, 2.45) is 0 Å². The van der Waals surface area contributed by atoms with Gasteiger partial charge in [-0.15, -0.1) is 0 Å². The highest BCUT2D eigenvalue weighted by Gasteiger charge is 2.31. The molecule has 4 nitrogen and oxygen atoms in total. The van der Waals surface area contributed by atoms with Crippen molar-refractivity contribution in [2.75, 3.05) is 0 Å². The fourth-order valence-electron chi connectivity index (χ4n) is 2.17. The summed E-state index contributed by atoms with van der Waals surface area (Å²) in [6.45, 7) is 1.68. The van der Waals surface area contributed by atoms with E-state index in [0.29, 0.717) is 16.2 Å². The van der Waals surface area contributed by atoms with E-state index in [1.165, 1.54) is 10.9 Å². The van der Waals surface area contributed by atoms with Crippen LogP contribution in [0.4, 0.5) is 13.2 Å². The number of thioether (sulfide) groups is 1. The molecule has 0 saturated heterocycles. The van der Waals surface area contributed by atoms with Crippen LogP contribution in [0.3, 0.4) is 0 Å². The fourth-order valence-corrected chi connectivity index (χ4v) is 2.96. The predicted octanol–water partition coefficient (Wildman–Crippen LogP) is 4.53. The molecule has 0 aliphatic carbocycles. The summed E-state index contributed by atoms with van der Waals surface area (Å²) in [6, 6.07) is 10.6. The first-order chi connectivity index (χ1) is 11.9. The van der Waals surface area contributed by atoms with Crippen LogP contribution in [0.5, 0.6) is 0 Å². The molecular formula is C17H12F3N3OS. The zero-order chi connectivity index (χ0) is 18.0. The summed E-state index contributed by atoms with van der Waals surface area (Å²) in [5.41, 5.74) is 0.278. The van der Waals surface area contributed by atoms with E-state index in [1.54, 1.807) is 31.2 Å². The molecule has 0 aliphatic rings. The van der Waals surface area contributed by atoms with E-state index in [4.69, 9.17) is 0 Å². The number of rotatable bonds is 3. The van der Waals surface area contributed by atoms with Gasteiger partial charge in [0.1, 0.15) is 0 Å². The van der Waals surface area contributed by atoms with Gasteiger partial charge in [0.2, 0.25) is 5.12 Å². The first-order valence-electron chi connectivity index (χ1n) is 7.22. The van der Waals surface area contributed by atoms with E-state index in [-0.39, 0.29) is 10.9 Å². The number of benzene rings is 1. The van der Waals surface area contributed by atoms with E-state index in [2.05, 4.69) is 10.1 Å². The molecule has 8 heteroatoms. The van der Waals surface area contributed by atoms with Gasteiger partial charge in [-0.25, -0.2) is 9.67 Å². The molecule has 0 radical (unpaired) electrons. The van der Waals surface area contributed by atoms with E-state index in [1.807, 2.05) is 6.07 Å². The normalized spacial score (nSPS) is 11.5. The smallest absolute Gasteiger partial charge is 0.281 e. The van der Waals surface area contributed by atoms with Crippen LogP contribution in [0, 0.1) is 6.92 Å². The van der Waals surface area contributed by atoms with Crippen molar-refractivity contribution in [1.82, 2.24) is 14.8 Å². The summed E-state index contributed by atoms with van der Waals surface area (Å²) >= 11 is 0.976. The van der Waals surface area contributed by atoms with Crippen LogP contribution in [0.2, 0.25) is 0 Å². The van der Waals surface area contributed by atoms with Gasteiger partial charge >= 0.3 is 6.18 Å². The van der Waals surface area contributed by atoms with Gasteiger partial charge in [0.15, 0.2) is 5.82 Å². The lowest BCUT2D eigenvalue weighted by Gasteiger charge is -2.09. The topological polar surface area (TPSA) is 47.8 Å². The highest BCUT2D eigenvalue weighted by molar-refractivity contribution is 8.14. The Labute approximate surface area is 145 Å². The molecule has 1 aromatic carbocycles. The van der Waals surface area contributed by atoms with Crippen molar-refractivity contribution in [3.05, 3.63) is 71.7 Å². The quantitative estimate of drug-likeness (QED) is 0.642. The lowest BCUT2D eigenvalue weighted by Crippen LogP contribution is -2.08. The number of carbonyl (C=O) groups is 1. The van der Waals surface area contributed by atoms with Crippen LogP contribution in [-0.4, -0.2) is 19.9 Å². The number of nitrogens with zero attached hydrogens (tertiary/aromatic N) is 3. The number of pyridine rings is 1. The lowest BCUT2D eigenvalue weighted by molar-refractivity contribution is -0.137. The molecule has 25 heavy (non-hydrogen) atoms. The Morgan fingerprint density at radius 3 is 2.56 bits per heavy atom. The van der Waals surface area contributed by atoms with Crippen molar-refractivity contribution >= 4 is 16.9 Å². The molecular weight excluding hydrogens is 351 g/mol. The molecule has 0 amide bonds. The average molecular weight is 363 g/mol. The van der Waals surface area contributed by atoms with Crippen LogP contribution >= 0.6 is 11.8 Å². The third-order valence-electron chi connectivity index (χ3n) is 3.47. The van der Waals surface area contributed by atoms with Gasteiger partial charge in [-0.1, -0.05) is 30.3 Å². The van der Waals surface area contributed by atoms with E-state index in [9.17, 15) is 18.0 Å².